The van der Waals surface area contributed by atoms with E-state index in [1.54, 1.807) is 4.90 Å². The molecule has 0 aromatic rings. The van der Waals surface area contributed by atoms with Gasteiger partial charge in [-0.05, 0) is 33.2 Å². The second-order valence-electron chi connectivity index (χ2n) is 6.74. The Morgan fingerprint density at radius 2 is 2.05 bits per heavy atom. The van der Waals surface area contributed by atoms with Gasteiger partial charge >= 0.3 is 6.09 Å². The molecule has 0 spiro atoms. The molecule has 0 aromatic carbocycles. The molecule has 1 N–H and O–H groups in total. The molecule has 1 atom stereocenters. The van der Waals surface area contributed by atoms with Crippen molar-refractivity contribution in [2.24, 2.45) is 5.92 Å². The summed E-state index contributed by atoms with van der Waals surface area (Å²) in [5, 5.41) is 3.48. The molecule has 1 amide bonds. The highest BCUT2D eigenvalue weighted by atomic mass is 16.6. The van der Waals surface area contributed by atoms with Crippen LogP contribution in [0.5, 0.6) is 0 Å². The molecule has 5 heteroatoms. The quantitative estimate of drug-likeness (QED) is 0.819. The summed E-state index contributed by atoms with van der Waals surface area (Å²) in [5.41, 5.74) is -0.455. The number of morpholine rings is 1. The largest absolute Gasteiger partial charge is 0.444 e. The van der Waals surface area contributed by atoms with Gasteiger partial charge in [0.2, 0.25) is 0 Å². The summed E-state index contributed by atoms with van der Waals surface area (Å²) in [6.07, 6.45) is 2.13. The summed E-state index contributed by atoms with van der Waals surface area (Å²) in [5.74, 6) is 0.699. The Labute approximate surface area is 129 Å². The fourth-order valence-corrected chi connectivity index (χ4v) is 2.42. The number of nitrogens with one attached hydrogen (secondary N) is 1. The number of nitrogens with zero attached hydrogens (tertiary/aromatic N) is 1. The average molecular weight is 300 g/mol. The lowest BCUT2D eigenvalue weighted by molar-refractivity contribution is -0.0318. The Morgan fingerprint density at radius 1 is 1.38 bits per heavy atom. The summed E-state index contributed by atoms with van der Waals surface area (Å²) < 4.78 is 11.0. The van der Waals surface area contributed by atoms with Gasteiger partial charge in [0.15, 0.2) is 0 Å². The highest BCUT2D eigenvalue weighted by molar-refractivity contribution is 5.68. The van der Waals surface area contributed by atoms with Gasteiger partial charge in [-0.1, -0.05) is 26.7 Å². The maximum Gasteiger partial charge on any atom is 0.410 e. The molecule has 0 aliphatic carbocycles. The van der Waals surface area contributed by atoms with Gasteiger partial charge in [0.25, 0.3) is 0 Å². The minimum absolute atomic E-state index is 0.0583. The van der Waals surface area contributed by atoms with Gasteiger partial charge in [0.05, 0.1) is 19.3 Å². The number of amides is 1. The lowest BCUT2D eigenvalue weighted by Crippen LogP contribution is -2.54. The number of carbonyl (C=O) groups is 1. The Hall–Kier alpha value is -0.810. The second-order valence-corrected chi connectivity index (χ2v) is 6.74. The zero-order valence-electron chi connectivity index (χ0n) is 14.3. The summed E-state index contributed by atoms with van der Waals surface area (Å²) in [7, 11) is 0. The predicted molar refractivity (Wildman–Crippen MR) is 84.5 cm³/mol. The van der Waals surface area contributed by atoms with Crippen molar-refractivity contribution in [2.45, 2.75) is 59.1 Å². The van der Waals surface area contributed by atoms with E-state index in [-0.39, 0.29) is 12.1 Å². The molecule has 0 bridgehead atoms. The van der Waals surface area contributed by atoms with E-state index in [1.165, 1.54) is 12.8 Å². The first kappa shape index (κ1) is 18.2. The summed E-state index contributed by atoms with van der Waals surface area (Å²) in [4.78, 5) is 14.1. The van der Waals surface area contributed by atoms with Crippen molar-refractivity contribution >= 4 is 6.09 Å². The van der Waals surface area contributed by atoms with Crippen molar-refractivity contribution in [3.05, 3.63) is 0 Å². The predicted octanol–water partition coefficient (Wildman–Crippen LogP) is 2.65. The SMILES string of the molecule is CCC(CC)CNCC1COCCN1C(=O)OC(C)(C)C. The third-order valence-electron chi connectivity index (χ3n) is 3.82. The third kappa shape index (κ3) is 6.66. The van der Waals surface area contributed by atoms with Crippen molar-refractivity contribution in [3.8, 4) is 0 Å². The molecule has 0 aromatic heterocycles. The zero-order valence-corrected chi connectivity index (χ0v) is 14.3. The van der Waals surface area contributed by atoms with Crippen molar-refractivity contribution in [1.82, 2.24) is 10.2 Å². The van der Waals surface area contributed by atoms with Crippen molar-refractivity contribution < 1.29 is 14.3 Å². The third-order valence-corrected chi connectivity index (χ3v) is 3.82. The number of rotatable bonds is 6. The van der Waals surface area contributed by atoms with Crippen molar-refractivity contribution in [1.29, 1.82) is 0 Å². The van der Waals surface area contributed by atoms with Gasteiger partial charge in [-0.3, -0.25) is 4.90 Å². The van der Waals surface area contributed by atoms with Gasteiger partial charge in [0.1, 0.15) is 5.60 Å². The molecule has 0 radical (unpaired) electrons. The molecule has 1 heterocycles. The molecule has 1 aliphatic rings. The summed E-state index contributed by atoms with van der Waals surface area (Å²) in [6.45, 7) is 13.6. The standard InChI is InChI=1S/C16H32N2O3/c1-6-13(7-2)10-17-11-14-12-20-9-8-18(14)15(19)21-16(3,4)5/h13-14,17H,6-12H2,1-5H3. The van der Waals surface area contributed by atoms with E-state index >= 15 is 0 Å². The Balaban J connectivity index is 2.47. The van der Waals surface area contributed by atoms with E-state index in [0.717, 1.165) is 13.1 Å². The maximum absolute atomic E-state index is 12.3. The first-order valence-electron chi connectivity index (χ1n) is 8.15. The lowest BCUT2D eigenvalue weighted by atomic mass is 10.0. The van der Waals surface area contributed by atoms with Crippen LogP contribution in [0.25, 0.3) is 0 Å². The molecule has 124 valence electrons. The monoisotopic (exact) mass is 300 g/mol. The van der Waals surface area contributed by atoms with Gasteiger partial charge in [0, 0.05) is 13.1 Å². The molecule has 21 heavy (non-hydrogen) atoms. The molecule has 1 fully saturated rings. The first-order valence-corrected chi connectivity index (χ1v) is 8.15. The average Bonchev–Trinajstić information content (AvgIpc) is 2.42. The van der Waals surface area contributed by atoms with Crippen molar-refractivity contribution in [3.63, 3.8) is 0 Å². The van der Waals surface area contributed by atoms with Crippen LogP contribution in [0.1, 0.15) is 47.5 Å². The fraction of sp³-hybridized carbons (Fsp3) is 0.938. The molecule has 1 rings (SSSR count). The Kier molecular flexibility index (Phi) is 7.46. The molecular formula is C16H32N2O3. The van der Waals surface area contributed by atoms with E-state index in [2.05, 4.69) is 19.2 Å². The highest BCUT2D eigenvalue weighted by Crippen LogP contribution is 2.14. The normalized spacial score (nSPS) is 19.9. The van der Waals surface area contributed by atoms with Crippen LogP contribution in [0.4, 0.5) is 4.79 Å². The molecular weight excluding hydrogens is 268 g/mol. The smallest absolute Gasteiger partial charge is 0.410 e. The van der Waals surface area contributed by atoms with Crippen LogP contribution in [-0.2, 0) is 9.47 Å². The topological polar surface area (TPSA) is 50.8 Å². The number of ether oxygens (including phenoxy) is 2. The number of hydrogen-bond acceptors (Lipinski definition) is 4. The minimum Gasteiger partial charge on any atom is -0.444 e. The molecule has 1 saturated heterocycles. The van der Waals surface area contributed by atoms with E-state index < -0.39 is 5.60 Å². The molecule has 0 saturated carbocycles. The molecule has 1 aliphatic heterocycles. The van der Waals surface area contributed by atoms with Crippen LogP contribution in [0.3, 0.4) is 0 Å². The van der Waals surface area contributed by atoms with Gasteiger partial charge in [-0.2, -0.15) is 0 Å². The van der Waals surface area contributed by atoms with Crippen LogP contribution in [0, 0.1) is 5.92 Å². The van der Waals surface area contributed by atoms with E-state index in [0.29, 0.717) is 25.7 Å². The minimum atomic E-state index is -0.455. The highest BCUT2D eigenvalue weighted by Gasteiger charge is 2.30. The zero-order chi connectivity index (χ0) is 15.9. The second kappa shape index (κ2) is 8.59. The lowest BCUT2D eigenvalue weighted by Gasteiger charge is -2.36. The maximum atomic E-state index is 12.3. The van der Waals surface area contributed by atoms with Crippen molar-refractivity contribution in [2.75, 3.05) is 32.8 Å². The van der Waals surface area contributed by atoms with Gasteiger partial charge in [-0.15, -0.1) is 0 Å². The number of carbonyl (C=O) groups excluding carboxylic acids is 1. The van der Waals surface area contributed by atoms with E-state index in [1.807, 2.05) is 20.8 Å². The molecule has 5 nitrogen and oxygen atoms in total. The summed E-state index contributed by atoms with van der Waals surface area (Å²) in [6, 6.07) is 0.0583. The van der Waals surface area contributed by atoms with Crippen LogP contribution in [0.2, 0.25) is 0 Å². The van der Waals surface area contributed by atoms with Gasteiger partial charge < -0.3 is 14.8 Å². The van der Waals surface area contributed by atoms with Gasteiger partial charge in [-0.25, -0.2) is 4.79 Å². The van der Waals surface area contributed by atoms with E-state index in [9.17, 15) is 4.79 Å². The first-order chi connectivity index (χ1) is 9.87. The number of hydrogen-bond donors (Lipinski definition) is 1. The van der Waals surface area contributed by atoms with Crippen LogP contribution in [0.15, 0.2) is 0 Å². The van der Waals surface area contributed by atoms with E-state index in [4.69, 9.17) is 9.47 Å². The van der Waals surface area contributed by atoms with Crippen LogP contribution < -0.4 is 5.32 Å². The van der Waals surface area contributed by atoms with Crippen LogP contribution in [-0.4, -0.2) is 55.5 Å². The fourth-order valence-electron chi connectivity index (χ4n) is 2.42. The summed E-state index contributed by atoms with van der Waals surface area (Å²) >= 11 is 0. The molecule has 1 unspecified atom stereocenters. The Morgan fingerprint density at radius 3 is 2.62 bits per heavy atom. The Bertz CT molecular complexity index is 311. The van der Waals surface area contributed by atoms with Crippen LogP contribution >= 0.6 is 0 Å².